The molecule has 9 heteroatoms. The number of imide groups is 1. The van der Waals surface area contributed by atoms with Crippen molar-refractivity contribution in [2.45, 2.75) is 25.8 Å². The van der Waals surface area contributed by atoms with Crippen molar-refractivity contribution in [2.24, 2.45) is 0 Å². The van der Waals surface area contributed by atoms with E-state index in [0.717, 1.165) is 18.5 Å². The van der Waals surface area contributed by atoms with Crippen molar-refractivity contribution in [3.8, 4) is 0 Å². The zero-order valence-corrected chi connectivity index (χ0v) is 17.0. The molecule has 4 amide bonds. The first-order valence-corrected chi connectivity index (χ1v) is 10.5. The number of thiazole rings is 1. The highest BCUT2D eigenvalue weighted by molar-refractivity contribution is 7.13. The van der Waals surface area contributed by atoms with Gasteiger partial charge in [-0.05, 0) is 31.9 Å². The number of urea groups is 1. The standard InChI is InChI=1S/C20H23N5O3S/c1-14-13-29-19(21-14)22-17(26)11-23-9-7-15(8-10-23)24-12-18(27)25(20(24)28)16-5-3-2-4-6-16/h2-6,13,15H,7-12H2,1H3,(H,21,22,26). The van der Waals surface area contributed by atoms with Crippen molar-refractivity contribution >= 4 is 40.0 Å². The molecule has 1 aromatic carbocycles. The zero-order valence-electron chi connectivity index (χ0n) is 16.2. The highest BCUT2D eigenvalue weighted by Crippen LogP contribution is 2.26. The van der Waals surface area contributed by atoms with Crippen molar-refractivity contribution < 1.29 is 14.4 Å². The predicted octanol–water partition coefficient (Wildman–Crippen LogP) is 2.32. The first-order chi connectivity index (χ1) is 14.0. The molecule has 0 bridgehead atoms. The maximum Gasteiger partial charge on any atom is 0.332 e. The molecule has 0 aliphatic carbocycles. The second-order valence-electron chi connectivity index (χ2n) is 7.32. The van der Waals surface area contributed by atoms with Gasteiger partial charge in [0.25, 0.3) is 5.91 Å². The van der Waals surface area contributed by atoms with Gasteiger partial charge in [0.15, 0.2) is 5.13 Å². The van der Waals surface area contributed by atoms with E-state index >= 15 is 0 Å². The second-order valence-corrected chi connectivity index (χ2v) is 8.18. The SMILES string of the molecule is Cc1csc(NC(=O)CN2CCC(N3CC(=O)N(c4ccccc4)C3=O)CC2)n1. The van der Waals surface area contributed by atoms with Crippen LogP contribution in [-0.4, -0.2) is 64.9 Å². The molecule has 1 N–H and O–H groups in total. The summed E-state index contributed by atoms with van der Waals surface area (Å²) < 4.78 is 0. The number of carbonyl (C=O) groups excluding carboxylic acids is 3. The Labute approximate surface area is 173 Å². The van der Waals surface area contributed by atoms with E-state index in [4.69, 9.17) is 0 Å². The third-order valence-electron chi connectivity index (χ3n) is 5.24. The Hall–Kier alpha value is -2.78. The number of para-hydroxylation sites is 1. The fourth-order valence-electron chi connectivity index (χ4n) is 3.80. The molecule has 0 atom stereocenters. The third kappa shape index (κ3) is 4.30. The van der Waals surface area contributed by atoms with Crippen molar-refractivity contribution in [1.29, 1.82) is 0 Å². The van der Waals surface area contributed by atoms with Crippen LogP contribution in [-0.2, 0) is 9.59 Å². The van der Waals surface area contributed by atoms with Crippen molar-refractivity contribution in [3.05, 3.63) is 41.4 Å². The van der Waals surface area contributed by atoms with Gasteiger partial charge in [0, 0.05) is 24.5 Å². The van der Waals surface area contributed by atoms with Crippen LogP contribution in [0.3, 0.4) is 0 Å². The van der Waals surface area contributed by atoms with E-state index in [1.165, 1.54) is 16.2 Å². The molecule has 0 radical (unpaired) electrons. The molecule has 2 aliphatic rings. The molecule has 152 valence electrons. The summed E-state index contributed by atoms with van der Waals surface area (Å²) in [7, 11) is 0. The number of likely N-dealkylation sites (tertiary alicyclic amines) is 1. The lowest BCUT2D eigenvalue weighted by Crippen LogP contribution is -2.48. The number of nitrogens with zero attached hydrogens (tertiary/aromatic N) is 4. The van der Waals surface area contributed by atoms with Crippen LogP contribution in [0, 0.1) is 6.92 Å². The van der Waals surface area contributed by atoms with E-state index in [1.54, 1.807) is 17.0 Å². The number of rotatable bonds is 5. The molecule has 0 spiro atoms. The van der Waals surface area contributed by atoms with Gasteiger partial charge in [0.1, 0.15) is 6.54 Å². The molecule has 8 nitrogen and oxygen atoms in total. The zero-order chi connectivity index (χ0) is 20.4. The number of aromatic nitrogens is 1. The minimum absolute atomic E-state index is 0.0149. The Morgan fingerprint density at radius 3 is 2.59 bits per heavy atom. The monoisotopic (exact) mass is 413 g/mol. The normalized spacial score (nSPS) is 18.5. The summed E-state index contributed by atoms with van der Waals surface area (Å²) in [6.45, 7) is 3.72. The van der Waals surface area contributed by atoms with Gasteiger partial charge in [-0.3, -0.25) is 14.5 Å². The number of anilines is 2. The summed E-state index contributed by atoms with van der Waals surface area (Å²) in [5.41, 5.74) is 1.50. The van der Waals surface area contributed by atoms with Gasteiger partial charge in [-0.1, -0.05) is 18.2 Å². The van der Waals surface area contributed by atoms with E-state index in [9.17, 15) is 14.4 Å². The maximum absolute atomic E-state index is 12.8. The van der Waals surface area contributed by atoms with Gasteiger partial charge in [-0.2, -0.15) is 0 Å². The summed E-state index contributed by atoms with van der Waals surface area (Å²) in [5.74, 6) is -0.276. The summed E-state index contributed by atoms with van der Waals surface area (Å²) in [4.78, 5) is 46.7. The van der Waals surface area contributed by atoms with E-state index in [-0.39, 0.29) is 30.4 Å². The summed E-state index contributed by atoms with van der Waals surface area (Å²) in [6, 6.07) is 8.78. The van der Waals surface area contributed by atoms with Crippen molar-refractivity contribution in [2.75, 3.05) is 36.4 Å². The van der Waals surface area contributed by atoms with Gasteiger partial charge in [-0.25, -0.2) is 14.7 Å². The number of nitrogens with one attached hydrogen (secondary N) is 1. The maximum atomic E-state index is 12.8. The number of carbonyl (C=O) groups is 3. The van der Waals surface area contributed by atoms with E-state index in [2.05, 4.69) is 15.2 Å². The Balaban J connectivity index is 1.30. The number of aryl methyl sites for hydroxylation is 1. The Bertz CT molecular complexity index is 908. The second kappa shape index (κ2) is 8.30. The van der Waals surface area contributed by atoms with E-state index in [1.807, 2.05) is 30.5 Å². The number of benzene rings is 1. The van der Waals surface area contributed by atoms with E-state index in [0.29, 0.717) is 30.5 Å². The van der Waals surface area contributed by atoms with Gasteiger partial charge < -0.3 is 10.2 Å². The molecule has 2 aromatic rings. The van der Waals surface area contributed by atoms with Crippen molar-refractivity contribution in [3.63, 3.8) is 0 Å². The van der Waals surface area contributed by atoms with Crippen LogP contribution in [0.2, 0.25) is 0 Å². The molecule has 0 saturated carbocycles. The summed E-state index contributed by atoms with van der Waals surface area (Å²) in [5, 5.41) is 5.34. The number of hydrogen-bond donors (Lipinski definition) is 1. The highest BCUT2D eigenvalue weighted by atomic mass is 32.1. The first kappa shape index (κ1) is 19.5. The number of amides is 4. The lowest BCUT2D eigenvalue weighted by Gasteiger charge is -2.35. The summed E-state index contributed by atoms with van der Waals surface area (Å²) in [6.07, 6.45) is 1.48. The average molecular weight is 414 g/mol. The summed E-state index contributed by atoms with van der Waals surface area (Å²) >= 11 is 1.41. The number of piperidine rings is 1. The fourth-order valence-corrected chi connectivity index (χ4v) is 4.50. The molecule has 29 heavy (non-hydrogen) atoms. The van der Waals surface area contributed by atoms with Crippen LogP contribution >= 0.6 is 11.3 Å². The lowest BCUT2D eigenvalue weighted by molar-refractivity contribution is -0.117. The largest absolute Gasteiger partial charge is 0.332 e. The third-order valence-corrected chi connectivity index (χ3v) is 6.11. The average Bonchev–Trinajstić information content (AvgIpc) is 3.25. The highest BCUT2D eigenvalue weighted by Gasteiger charge is 2.41. The Morgan fingerprint density at radius 2 is 1.93 bits per heavy atom. The number of hydrogen-bond acceptors (Lipinski definition) is 6. The molecule has 2 fully saturated rings. The van der Waals surface area contributed by atoms with Crippen molar-refractivity contribution in [1.82, 2.24) is 14.8 Å². The molecule has 2 aliphatic heterocycles. The Morgan fingerprint density at radius 1 is 1.21 bits per heavy atom. The Kier molecular flexibility index (Phi) is 5.59. The first-order valence-electron chi connectivity index (χ1n) is 9.64. The fraction of sp³-hybridized carbons (Fsp3) is 0.400. The van der Waals surface area contributed by atoms with Crippen LogP contribution in [0.25, 0.3) is 0 Å². The topological polar surface area (TPSA) is 85.9 Å². The predicted molar refractivity (Wildman–Crippen MR) is 111 cm³/mol. The van der Waals surface area contributed by atoms with Crippen LogP contribution < -0.4 is 10.2 Å². The quantitative estimate of drug-likeness (QED) is 0.761. The molecule has 4 rings (SSSR count). The van der Waals surface area contributed by atoms with Crippen LogP contribution in [0.15, 0.2) is 35.7 Å². The van der Waals surface area contributed by atoms with Crippen LogP contribution in [0.1, 0.15) is 18.5 Å². The minimum Gasteiger partial charge on any atom is -0.312 e. The van der Waals surface area contributed by atoms with Crippen LogP contribution in [0.4, 0.5) is 15.6 Å². The van der Waals surface area contributed by atoms with Crippen LogP contribution in [0.5, 0.6) is 0 Å². The minimum atomic E-state index is -0.253. The smallest absolute Gasteiger partial charge is 0.312 e. The van der Waals surface area contributed by atoms with Gasteiger partial charge in [-0.15, -0.1) is 11.3 Å². The van der Waals surface area contributed by atoms with Gasteiger partial charge >= 0.3 is 6.03 Å². The van der Waals surface area contributed by atoms with Gasteiger partial charge in [0.05, 0.1) is 17.9 Å². The molecule has 2 saturated heterocycles. The molecular formula is C20H23N5O3S. The van der Waals surface area contributed by atoms with Gasteiger partial charge in [0.2, 0.25) is 5.91 Å². The van der Waals surface area contributed by atoms with E-state index < -0.39 is 0 Å². The molecule has 3 heterocycles. The molecule has 0 unspecified atom stereocenters. The molecule has 1 aromatic heterocycles. The lowest BCUT2D eigenvalue weighted by atomic mass is 10.0. The molecular weight excluding hydrogens is 390 g/mol.